The Morgan fingerprint density at radius 2 is 1.69 bits per heavy atom. The van der Waals surface area contributed by atoms with Gasteiger partial charge in [-0.25, -0.2) is 0 Å². The standard InChI is InChI=1S/C26H26N2O4/c1-30-21-14-12-20(13-15-21)26(29)28(17-19-8-4-3-5-9-19)18-22-16-24(27-32-22)23-10-6-7-11-25(23)31-2/h3-15,22H,16-18H2,1-2H3. The highest BCUT2D eigenvalue weighted by molar-refractivity contribution is 6.03. The quantitative estimate of drug-likeness (QED) is 0.526. The fraction of sp³-hybridized carbons (Fsp3) is 0.231. The van der Waals surface area contributed by atoms with Crippen LogP contribution in [0.4, 0.5) is 0 Å². The fourth-order valence-electron chi connectivity index (χ4n) is 3.75. The van der Waals surface area contributed by atoms with Crippen molar-refractivity contribution in [2.24, 2.45) is 5.16 Å². The molecule has 1 atom stereocenters. The van der Waals surface area contributed by atoms with Gasteiger partial charge in [-0.3, -0.25) is 4.79 Å². The van der Waals surface area contributed by atoms with Crippen molar-refractivity contribution in [3.8, 4) is 11.5 Å². The minimum Gasteiger partial charge on any atom is -0.497 e. The lowest BCUT2D eigenvalue weighted by molar-refractivity contribution is 0.0405. The van der Waals surface area contributed by atoms with Gasteiger partial charge >= 0.3 is 0 Å². The first kappa shape index (κ1) is 21.4. The monoisotopic (exact) mass is 430 g/mol. The lowest BCUT2D eigenvalue weighted by Gasteiger charge is -2.25. The number of methoxy groups -OCH3 is 2. The van der Waals surface area contributed by atoms with Crippen LogP contribution in [-0.4, -0.2) is 43.4 Å². The summed E-state index contributed by atoms with van der Waals surface area (Å²) < 4.78 is 10.7. The van der Waals surface area contributed by atoms with Gasteiger partial charge in [0.2, 0.25) is 0 Å². The number of amides is 1. The maximum Gasteiger partial charge on any atom is 0.254 e. The van der Waals surface area contributed by atoms with E-state index in [1.165, 1.54) is 0 Å². The van der Waals surface area contributed by atoms with E-state index >= 15 is 0 Å². The molecule has 3 aromatic carbocycles. The number of nitrogens with zero attached hydrogens (tertiary/aromatic N) is 2. The molecule has 1 amide bonds. The van der Waals surface area contributed by atoms with Gasteiger partial charge in [0.15, 0.2) is 6.10 Å². The molecular formula is C26H26N2O4. The number of hydrogen-bond acceptors (Lipinski definition) is 5. The van der Waals surface area contributed by atoms with Crippen LogP contribution in [0.25, 0.3) is 0 Å². The number of oxime groups is 1. The number of benzene rings is 3. The van der Waals surface area contributed by atoms with Crippen molar-refractivity contribution >= 4 is 11.6 Å². The lowest BCUT2D eigenvalue weighted by Crippen LogP contribution is -2.37. The largest absolute Gasteiger partial charge is 0.497 e. The molecular weight excluding hydrogens is 404 g/mol. The lowest BCUT2D eigenvalue weighted by atomic mass is 10.0. The van der Waals surface area contributed by atoms with Gasteiger partial charge in [-0.2, -0.15) is 0 Å². The zero-order valence-electron chi connectivity index (χ0n) is 18.2. The van der Waals surface area contributed by atoms with Gasteiger partial charge in [0.1, 0.15) is 11.5 Å². The summed E-state index contributed by atoms with van der Waals surface area (Å²) >= 11 is 0. The molecule has 0 bridgehead atoms. The third-order valence-electron chi connectivity index (χ3n) is 5.42. The average molecular weight is 431 g/mol. The van der Waals surface area contributed by atoms with Crippen molar-refractivity contribution in [1.29, 1.82) is 0 Å². The molecule has 0 fully saturated rings. The molecule has 0 spiro atoms. The molecule has 1 heterocycles. The minimum absolute atomic E-state index is 0.0640. The summed E-state index contributed by atoms with van der Waals surface area (Å²) in [6.45, 7) is 0.900. The first-order valence-electron chi connectivity index (χ1n) is 10.5. The smallest absolute Gasteiger partial charge is 0.254 e. The average Bonchev–Trinajstić information content (AvgIpc) is 3.32. The molecule has 3 aromatic rings. The van der Waals surface area contributed by atoms with E-state index in [-0.39, 0.29) is 12.0 Å². The normalized spacial score (nSPS) is 14.9. The van der Waals surface area contributed by atoms with E-state index in [4.69, 9.17) is 14.3 Å². The molecule has 0 saturated heterocycles. The highest BCUT2D eigenvalue weighted by Gasteiger charge is 2.28. The van der Waals surface area contributed by atoms with Gasteiger partial charge in [-0.05, 0) is 42.0 Å². The van der Waals surface area contributed by atoms with E-state index < -0.39 is 0 Å². The Bertz CT molecular complexity index is 1080. The Morgan fingerprint density at radius 3 is 2.41 bits per heavy atom. The summed E-state index contributed by atoms with van der Waals surface area (Å²) in [5.74, 6) is 1.40. The fourth-order valence-corrected chi connectivity index (χ4v) is 3.75. The van der Waals surface area contributed by atoms with Crippen LogP contribution in [0.2, 0.25) is 0 Å². The van der Waals surface area contributed by atoms with Gasteiger partial charge < -0.3 is 19.2 Å². The zero-order chi connectivity index (χ0) is 22.3. The van der Waals surface area contributed by atoms with E-state index in [0.29, 0.717) is 30.8 Å². The predicted octanol–water partition coefficient (Wildman–Crippen LogP) is 4.54. The molecule has 1 aliphatic heterocycles. The third kappa shape index (κ3) is 4.91. The van der Waals surface area contributed by atoms with Crippen molar-refractivity contribution in [3.05, 3.63) is 95.6 Å². The van der Waals surface area contributed by atoms with E-state index in [9.17, 15) is 4.79 Å². The number of carbonyl (C=O) groups excluding carboxylic acids is 1. The second kappa shape index (κ2) is 10.0. The van der Waals surface area contributed by atoms with Crippen LogP contribution in [0.1, 0.15) is 27.9 Å². The van der Waals surface area contributed by atoms with Crippen LogP contribution < -0.4 is 9.47 Å². The molecule has 4 rings (SSSR count). The Hall–Kier alpha value is -3.80. The van der Waals surface area contributed by atoms with Gasteiger partial charge in [0.05, 0.1) is 26.5 Å². The van der Waals surface area contributed by atoms with Crippen LogP contribution in [0.3, 0.4) is 0 Å². The molecule has 0 aliphatic carbocycles. The van der Waals surface area contributed by atoms with E-state index in [0.717, 1.165) is 22.6 Å². The molecule has 32 heavy (non-hydrogen) atoms. The highest BCUT2D eigenvalue weighted by Crippen LogP contribution is 2.25. The van der Waals surface area contributed by atoms with E-state index in [1.807, 2.05) is 59.5 Å². The van der Waals surface area contributed by atoms with Gasteiger partial charge in [-0.1, -0.05) is 47.6 Å². The Balaban J connectivity index is 1.51. The molecule has 0 saturated carbocycles. The van der Waals surface area contributed by atoms with E-state index in [2.05, 4.69) is 5.16 Å². The Labute approximate surface area is 188 Å². The van der Waals surface area contributed by atoms with Gasteiger partial charge in [0.25, 0.3) is 5.91 Å². The molecule has 6 heteroatoms. The number of para-hydroxylation sites is 1. The van der Waals surface area contributed by atoms with Crippen molar-refractivity contribution in [1.82, 2.24) is 4.90 Å². The minimum atomic E-state index is -0.235. The van der Waals surface area contributed by atoms with Crippen molar-refractivity contribution in [2.75, 3.05) is 20.8 Å². The van der Waals surface area contributed by atoms with E-state index in [1.54, 1.807) is 38.5 Å². The summed E-state index contributed by atoms with van der Waals surface area (Å²) in [5.41, 5.74) is 3.39. The first-order chi connectivity index (χ1) is 15.7. The maximum atomic E-state index is 13.4. The summed E-state index contributed by atoms with van der Waals surface area (Å²) in [7, 11) is 3.25. The molecule has 0 N–H and O–H groups in total. The van der Waals surface area contributed by atoms with Crippen LogP contribution in [0, 0.1) is 0 Å². The molecule has 6 nitrogen and oxygen atoms in total. The third-order valence-corrected chi connectivity index (χ3v) is 5.42. The zero-order valence-corrected chi connectivity index (χ0v) is 18.2. The van der Waals surface area contributed by atoms with Gasteiger partial charge in [-0.15, -0.1) is 0 Å². The molecule has 164 valence electrons. The topological polar surface area (TPSA) is 60.4 Å². The van der Waals surface area contributed by atoms with Crippen molar-refractivity contribution in [2.45, 2.75) is 19.1 Å². The summed E-state index contributed by atoms with van der Waals surface area (Å²) in [5, 5.41) is 4.29. The number of hydrogen-bond donors (Lipinski definition) is 0. The summed E-state index contributed by atoms with van der Waals surface area (Å²) in [4.78, 5) is 20.9. The van der Waals surface area contributed by atoms with Gasteiger partial charge in [0, 0.05) is 24.1 Å². The maximum absolute atomic E-state index is 13.4. The Morgan fingerprint density at radius 1 is 0.969 bits per heavy atom. The first-order valence-corrected chi connectivity index (χ1v) is 10.5. The Kier molecular flexibility index (Phi) is 6.70. The molecule has 0 aromatic heterocycles. The van der Waals surface area contributed by atoms with Crippen molar-refractivity contribution < 1.29 is 19.1 Å². The highest BCUT2D eigenvalue weighted by atomic mass is 16.6. The second-order valence-electron chi connectivity index (χ2n) is 7.57. The molecule has 0 radical (unpaired) electrons. The summed E-state index contributed by atoms with van der Waals surface area (Å²) in [6.07, 6.45) is 0.363. The second-order valence-corrected chi connectivity index (χ2v) is 7.57. The summed E-state index contributed by atoms with van der Waals surface area (Å²) in [6, 6.07) is 24.8. The molecule has 1 unspecified atom stereocenters. The SMILES string of the molecule is COc1ccc(C(=O)N(Cc2ccccc2)CC2CC(c3ccccc3OC)=NO2)cc1. The van der Waals surface area contributed by atoms with Crippen LogP contribution in [0.5, 0.6) is 11.5 Å². The predicted molar refractivity (Wildman–Crippen MR) is 123 cm³/mol. The number of rotatable bonds is 8. The molecule has 1 aliphatic rings. The van der Waals surface area contributed by atoms with Crippen LogP contribution in [0.15, 0.2) is 84.0 Å². The van der Waals surface area contributed by atoms with Crippen LogP contribution in [-0.2, 0) is 11.4 Å². The van der Waals surface area contributed by atoms with Crippen molar-refractivity contribution in [3.63, 3.8) is 0 Å². The number of ether oxygens (including phenoxy) is 2. The number of carbonyl (C=O) groups is 1. The van der Waals surface area contributed by atoms with Crippen LogP contribution >= 0.6 is 0 Å².